The van der Waals surface area contributed by atoms with Crippen molar-refractivity contribution in [1.29, 1.82) is 0 Å². The van der Waals surface area contributed by atoms with Gasteiger partial charge in [-0.3, -0.25) is 0 Å². The first-order valence-electron chi connectivity index (χ1n) is 4.97. The van der Waals surface area contributed by atoms with E-state index >= 15 is 0 Å². The van der Waals surface area contributed by atoms with Gasteiger partial charge in [-0.05, 0) is 46.3 Å². The van der Waals surface area contributed by atoms with E-state index in [-0.39, 0.29) is 5.82 Å². The maximum Gasteiger partial charge on any atom is 0.213 e. The van der Waals surface area contributed by atoms with Gasteiger partial charge in [-0.15, -0.1) is 0 Å². The Morgan fingerprint density at radius 2 is 1.94 bits per heavy atom. The molecule has 1 heterocycles. The van der Waals surface area contributed by atoms with E-state index in [1.807, 2.05) is 6.07 Å². The highest BCUT2D eigenvalue weighted by atomic mass is 79.9. The summed E-state index contributed by atoms with van der Waals surface area (Å²) in [7, 11) is 0. The monoisotopic (exact) mass is 297 g/mol. The molecule has 2 aromatic rings. The second-order valence-corrected chi connectivity index (χ2v) is 4.47. The summed E-state index contributed by atoms with van der Waals surface area (Å²) in [6.45, 7) is 0.377. The third-order valence-corrected chi connectivity index (χ3v) is 2.56. The molecule has 1 aromatic carbocycles. The van der Waals surface area contributed by atoms with Crippen LogP contribution in [0.5, 0.6) is 5.75 Å². The molecule has 3 nitrogen and oxygen atoms in total. The molecule has 0 radical (unpaired) electrons. The van der Waals surface area contributed by atoms with Crippen molar-refractivity contribution in [2.24, 2.45) is 0 Å². The summed E-state index contributed by atoms with van der Waals surface area (Å²) in [6.07, 6.45) is 3.50. The molecule has 0 amide bonds. The molecule has 17 heavy (non-hydrogen) atoms. The average molecular weight is 298 g/mol. The fraction of sp³-hybridized carbons (Fsp3) is 0.0833. The Morgan fingerprint density at radius 1 is 1.24 bits per heavy atom. The first-order valence-corrected chi connectivity index (χ1v) is 5.77. The number of pyridine rings is 1. The van der Waals surface area contributed by atoms with E-state index in [1.54, 1.807) is 24.5 Å². The highest BCUT2D eigenvalue weighted by molar-refractivity contribution is 9.10. The average Bonchev–Trinajstić information content (AvgIpc) is 2.27. The van der Waals surface area contributed by atoms with Crippen molar-refractivity contribution < 1.29 is 13.8 Å². The van der Waals surface area contributed by atoms with Crippen LogP contribution >= 0.6 is 15.9 Å². The SMILES string of the molecule is N[n+]1cc(Br)cc(COc2ccc(F)cc2)c1. The van der Waals surface area contributed by atoms with Crippen molar-refractivity contribution in [3.05, 3.63) is 58.6 Å². The second kappa shape index (κ2) is 5.14. The van der Waals surface area contributed by atoms with E-state index in [4.69, 9.17) is 10.6 Å². The largest absolute Gasteiger partial charge is 0.489 e. The van der Waals surface area contributed by atoms with Crippen molar-refractivity contribution >= 4 is 15.9 Å². The molecule has 2 N–H and O–H groups in total. The van der Waals surface area contributed by atoms with E-state index in [0.29, 0.717) is 12.4 Å². The fourth-order valence-electron chi connectivity index (χ4n) is 1.40. The van der Waals surface area contributed by atoms with Crippen LogP contribution in [0.2, 0.25) is 0 Å². The van der Waals surface area contributed by atoms with E-state index < -0.39 is 0 Å². The maximum absolute atomic E-state index is 12.7. The van der Waals surface area contributed by atoms with Crippen molar-refractivity contribution in [2.45, 2.75) is 6.61 Å². The van der Waals surface area contributed by atoms with Gasteiger partial charge in [0.25, 0.3) is 0 Å². The second-order valence-electron chi connectivity index (χ2n) is 3.55. The molecule has 5 heteroatoms. The Labute approximate surface area is 107 Å². The zero-order chi connectivity index (χ0) is 12.3. The minimum Gasteiger partial charge on any atom is -0.489 e. The number of benzene rings is 1. The number of nitrogen functional groups attached to an aromatic ring is 1. The van der Waals surface area contributed by atoms with Gasteiger partial charge in [-0.25, -0.2) is 10.2 Å². The van der Waals surface area contributed by atoms with Gasteiger partial charge in [0.1, 0.15) is 18.2 Å². The van der Waals surface area contributed by atoms with Crippen LogP contribution in [0.3, 0.4) is 0 Å². The van der Waals surface area contributed by atoms with Crippen LogP contribution in [-0.2, 0) is 6.61 Å². The van der Waals surface area contributed by atoms with Crippen LogP contribution in [0, 0.1) is 5.82 Å². The van der Waals surface area contributed by atoms with Gasteiger partial charge >= 0.3 is 0 Å². The molecule has 0 aliphatic carbocycles. The first-order chi connectivity index (χ1) is 8.13. The first kappa shape index (κ1) is 11.9. The molecule has 0 saturated heterocycles. The molecule has 0 saturated carbocycles. The molecular weight excluding hydrogens is 287 g/mol. The van der Waals surface area contributed by atoms with Crippen molar-refractivity contribution in [2.75, 3.05) is 5.84 Å². The van der Waals surface area contributed by atoms with Crippen LogP contribution in [0.1, 0.15) is 5.56 Å². The van der Waals surface area contributed by atoms with Gasteiger partial charge in [-0.1, -0.05) is 4.68 Å². The van der Waals surface area contributed by atoms with Crippen LogP contribution in [-0.4, -0.2) is 0 Å². The standard InChI is InChI=1S/C12H11BrFN2O/c13-10-5-9(6-16(15)7-10)8-17-12-3-1-11(14)2-4-12/h1-7H,8,15H2/q+1. The summed E-state index contributed by atoms with van der Waals surface area (Å²) in [6, 6.07) is 7.80. The van der Waals surface area contributed by atoms with Crippen molar-refractivity contribution in [3.8, 4) is 5.75 Å². The van der Waals surface area contributed by atoms with Gasteiger partial charge in [0.15, 0.2) is 0 Å². The molecular formula is C12H11BrFN2O+. The Morgan fingerprint density at radius 3 is 2.59 bits per heavy atom. The summed E-state index contributed by atoms with van der Waals surface area (Å²) in [5.41, 5.74) is 0.922. The van der Waals surface area contributed by atoms with Crippen LogP contribution in [0.25, 0.3) is 0 Å². The lowest BCUT2D eigenvalue weighted by molar-refractivity contribution is -0.640. The number of hydrogen-bond donors (Lipinski definition) is 1. The predicted molar refractivity (Wildman–Crippen MR) is 65.2 cm³/mol. The molecule has 0 aliphatic rings. The van der Waals surface area contributed by atoms with Gasteiger partial charge in [-0.2, -0.15) is 0 Å². The molecule has 0 fully saturated rings. The minimum atomic E-state index is -0.278. The Balaban J connectivity index is 2.04. The number of nitrogens with two attached hydrogens (primary N) is 1. The molecule has 2 rings (SSSR count). The molecule has 0 aliphatic heterocycles. The number of rotatable bonds is 3. The van der Waals surface area contributed by atoms with Gasteiger partial charge in [0, 0.05) is 0 Å². The van der Waals surface area contributed by atoms with Gasteiger partial charge in [0.05, 0.1) is 10.0 Å². The van der Waals surface area contributed by atoms with Crippen molar-refractivity contribution in [3.63, 3.8) is 0 Å². The summed E-state index contributed by atoms with van der Waals surface area (Å²) in [5, 5.41) is 0. The molecule has 88 valence electrons. The fourth-order valence-corrected chi connectivity index (χ4v) is 1.93. The predicted octanol–water partition coefficient (Wildman–Crippen LogP) is 2.17. The number of halogens is 2. The topological polar surface area (TPSA) is 39.1 Å². The maximum atomic E-state index is 12.7. The lowest BCUT2D eigenvalue weighted by Crippen LogP contribution is -2.44. The number of nitrogens with zero attached hydrogens (tertiary/aromatic N) is 1. The summed E-state index contributed by atoms with van der Waals surface area (Å²) < 4.78 is 20.5. The Hall–Kier alpha value is -1.62. The van der Waals surface area contributed by atoms with Crippen LogP contribution in [0.15, 0.2) is 47.2 Å². The van der Waals surface area contributed by atoms with E-state index in [1.165, 1.54) is 16.8 Å². The van der Waals surface area contributed by atoms with E-state index in [2.05, 4.69) is 15.9 Å². The molecule has 0 bridgehead atoms. The van der Waals surface area contributed by atoms with E-state index in [0.717, 1.165) is 10.0 Å². The van der Waals surface area contributed by atoms with Gasteiger partial charge in [0.2, 0.25) is 12.4 Å². The van der Waals surface area contributed by atoms with Crippen LogP contribution in [0.4, 0.5) is 4.39 Å². The summed E-state index contributed by atoms with van der Waals surface area (Å²) in [4.78, 5) is 0. The third-order valence-electron chi connectivity index (χ3n) is 2.13. The number of hydrogen-bond acceptors (Lipinski definition) is 2. The number of ether oxygens (including phenoxy) is 1. The van der Waals surface area contributed by atoms with Crippen molar-refractivity contribution in [1.82, 2.24) is 0 Å². The highest BCUT2D eigenvalue weighted by Crippen LogP contribution is 2.14. The lowest BCUT2D eigenvalue weighted by Gasteiger charge is -2.05. The van der Waals surface area contributed by atoms with E-state index in [9.17, 15) is 4.39 Å². The summed E-state index contributed by atoms with van der Waals surface area (Å²) in [5.74, 6) is 5.97. The minimum absolute atomic E-state index is 0.278. The lowest BCUT2D eigenvalue weighted by atomic mass is 10.3. The van der Waals surface area contributed by atoms with Gasteiger partial charge < -0.3 is 4.74 Å². The smallest absolute Gasteiger partial charge is 0.213 e. The highest BCUT2D eigenvalue weighted by Gasteiger charge is 2.04. The Bertz CT molecular complexity index is 496. The van der Waals surface area contributed by atoms with Crippen LogP contribution < -0.4 is 15.3 Å². The molecule has 0 atom stereocenters. The summed E-state index contributed by atoms with van der Waals surface area (Å²) >= 11 is 3.34. The normalized spacial score (nSPS) is 10.2. The Kier molecular flexibility index (Phi) is 3.58. The molecule has 0 unspecified atom stereocenters. The third kappa shape index (κ3) is 3.42. The zero-order valence-electron chi connectivity index (χ0n) is 8.94. The molecule has 0 spiro atoms. The zero-order valence-corrected chi connectivity index (χ0v) is 10.5. The number of aromatic nitrogens is 1. The quantitative estimate of drug-likeness (QED) is 0.697. The molecule has 1 aromatic heterocycles.